The highest BCUT2D eigenvalue weighted by atomic mass is 16.3. The number of aliphatic hydroxyl groups excluding tert-OH is 1. The van der Waals surface area contributed by atoms with E-state index >= 15 is 0 Å². The van der Waals surface area contributed by atoms with Gasteiger partial charge in [-0.15, -0.1) is 0 Å². The average molecular weight is 100 g/mol. The van der Waals surface area contributed by atoms with Gasteiger partial charge < -0.3 is 15.3 Å². The van der Waals surface area contributed by atoms with Gasteiger partial charge in [0.25, 0.3) is 0 Å². The molecule has 0 aromatic carbocycles. The summed E-state index contributed by atoms with van der Waals surface area (Å²) in [6.45, 7) is 1.71. The van der Waals surface area contributed by atoms with Crippen LogP contribution < -0.4 is 0 Å². The molecule has 1 aromatic heterocycles. The molecule has 0 saturated heterocycles. The molecule has 0 spiro atoms. The van der Waals surface area contributed by atoms with Crippen LogP contribution in [-0.2, 0) is 0 Å². The fourth-order valence-electron chi connectivity index (χ4n) is 0.381. The molecule has 0 fully saturated rings. The first kappa shape index (κ1) is 4.46. The van der Waals surface area contributed by atoms with Gasteiger partial charge in [-0.05, 0) is 6.92 Å². The number of hydrogen-bond acceptors (Lipinski definition) is 1. The Hall–Kier alpha value is -0.700. The van der Waals surface area contributed by atoms with E-state index in [1.807, 2.05) is 0 Å². The summed E-state index contributed by atoms with van der Waals surface area (Å²) in [5, 5.41) is 14.1. The van der Waals surface area contributed by atoms with Crippen molar-refractivity contribution in [3.63, 3.8) is 0 Å². The SMILES string of the molecule is C[C@H](O)c1c[nH][nH]1. The first-order chi connectivity index (χ1) is 3.30. The highest BCUT2D eigenvalue weighted by Crippen LogP contribution is 2.04. The lowest BCUT2D eigenvalue weighted by Crippen LogP contribution is -2.00. The van der Waals surface area contributed by atoms with Crippen LogP contribution in [0.2, 0.25) is 0 Å². The molecule has 0 aliphatic heterocycles. The maximum absolute atomic E-state index is 8.70. The summed E-state index contributed by atoms with van der Waals surface area (Å²) >= 11 is 0. The normalized spacial score (nSPS) is 14.6. The van der Waals surface area contributed by atoms with Crippen molar-refractivity contribution in [3.05, 3.63) is 11.9 Å². The molecule has 0 aliphatic carbocycles. The summed E-state index contributed by atoms with van der Waals surface area (Å²) in [7, 11) is 0. The van der Waals surface area contributed by atoms with Crippen LogP contribution in [0.25, 0.3) is 0 Å². The van der Waals surface area contributed by atoms with Crippen LogP contribution in [0.1, 0.15) is 18.7 Å². The molecule has 3 N–H and O–H groups in total. The van der Waals surface area contributed by atoms with Crippen LogP contribution in [-0.4, -0.2) is 15.3 Å². The third kappa shape index (κ3) is 0.667. The minimum atomic E-state index is -0.360. The van der Waals surface area contributed by atoms with Crippen LogP contribution >= 0.6 is 0 Å². The Bertz CT molecular complexity index is 122. The second-order valence-electron chi connectivity index (χ2n) is 1.54. The van der Waals surface area contributed by atoms with E-state index in [-0.39, 0.29) is 6.10 Å². The highest BCUT2D eigenvalue weighted by Gasteiger charge is 1.99. The van der Waals surface area contributed by atoms with E-state index in [0.717, 1.165) is 5.69 Å². The molecule has 0 radical (unpaired) electrons. The smallest absolute Gasteiger partial charge is 0.0939 e. The Morgan fingerprint density at radius 2 is 2.43 bits per heavy atom. The first-order valence-corrected chi connectivity index (χ1v) is 2.20. The maximum atomic E-state index is 8.70. The zero-order valence-corrected chi connectivity index (χ0v) is 4.10. The average Bonchev–Trinajstić information content (AvgIpc) is 1.23. The van der Waals surface area contributed by atoms with Gasteiger partial charge in [0.2, 0.25) is 0 Å². The highest BCUT2D eigenvalue weighted by molar-refractivity contribution is 4.96. The fourth-order valence-corrected chi connectivity index (χ4v) is 0.381. The van der Waals surface area contributed by atoms with Crippen LogP contribution in [0.3, 0.4) is 0 Å². The summed E-state index contributed by atoms with van der Waals surface area (Å²) in [6, 6.07) is 0. The molecule has 40 valence electrons. The molecule has 0 amide bonds. The second-order valence-corrected chi connectivity index (χ2v) is 1.54. The third-order valence-corrected chi connectivity index (χ3v) is 0.894. The van der Waals surface area contributed by atoms with E-state index in [2.05, 4.69) is 10.2 Å². The Labute approximate surface area is 41.3 Å². The van der Waals surface area contributed by atoms with Crippen molar-refractivity contribution >= 4 is 0 Å². The van der Waals surface area contributed by atoms with Gasteiger partial charge in [0, 0.05) is 6.20 Å². The van der Waals surface area contributed by atoms with Crippen molar-refractivity contribution in [1.82, 2.24) is 10.2 Å². The molecule has 1 heterocycles. The van der Waals surface area contributed by atoms with Crippen LogP contribution in [0.5, 0.6) is 0 Å². The number of H-pyrrole nitrogens is 2. The van der Waals surface area contributed by atoms with Crippen molar-refractivity contribution < 1.29 is 5.11 Å². The van der Waals surface area contributed by atoms with Gasteiger partial charge in [-0.25, -0.2) is 0 Å². The van der Waals surface area contributed by atoms with Crippen LogP contribution in [0, 0.1) is 0 Å². The van der Waals surface area contributed by atoms with Crippen molar-refractivity contribution in [3.8, 4) is 0 Å². The van der Waals surface area contributed by atoms with E-state index in [4.69, 9.17) is 5.11 Å². The lowest BCUT2D eigenvalue weighted by molar-refractivity contribution is 0.189. The van der Waals surface area contributed by atoms with E-state index < -0.39 is 0 Å². The van der Waals surface area contributed by atoms with Crippen LogP contribution in [0.15, 0.2) is 6.20 Å². The number of aromatic nitrogens is 2. The van der Waals surface area contributed by atoms with E-state index in [1.54, 1.807) is 13.1 Å². The molecule has 7 heavy (non-hydrogen) atoms. The minimum absolute atomic E-state index is 0.360. The molecule has 3 heteroatoms. The number of nitrogens with one attached hydrogen (secondary N) is 2. The summed E-state index contributed by atoms with van der Waals surface area (Å²) in [5.41, 5.74) is 0.847. The molecule has 0 aliphatic rings. The molecule has 0 bridgehead atoms. The largest absolute Gasteiger partial charge is 0.387 e. The predicted octanol–water partition coefficient (Wildman–Crippen LogP) is 0.396. The van der Waals surface area contributed by atoms with Gasteiger partial charge in [-0.1, -0.05) is 0 Å². The molecular formula is C4H8N2O. The lowest BCUT2D eigenvalue weighted by atomic mass is 10.3. The number of hydrogen-bond donors (Lipinski definition) is 3. The Balaban J connectivity index is 2.54. The minimum Gasteiger partial charge on any atom is -0.387 e. The van der Waals surface area contributed by atoms with Crippen molar-refractivity contribution in [2.75, 3.05) is 0 Å². The fraction of sp³-hybridized carbons (Fsp3) is 0.500. The second kappa shape index (κ2) is 1.42. The first-order valence-electron chi connectivity index (χ1n) is 2.20. The molecular weight excluding hydrogens is 92.1 g/mol. The Morgan fingerprint density at radius 3 is 2.43 bits per heavy atom. The molecule has 1 rings (SSSR count). The molecule has 3 nitrogen and oxygen atoms in total. The summed E-state index contributed by atoms with van der Waals surface area (Å²) in [5.74, 6) is 0. The van der Waals surface area contributed by atoms with Crippen LogP contribution in [0.4, 0.5) is 0 Å². The molecule has 1 atom stereocenters. The standard InChI is InChI=1S/C4H8N2O/c1-3(7)4-2-5-6-4/h2-3,5-7H,1H3/t3-/m0/s1. The molecule has 0 saturated carbocycles. The monoisotopic (exact) mass is 100 g/mol. The maximum Gasteiger partial charge on any atom is 0.0939 e. The summed E-state index contributed by atoms with van der Waals surface area (Å²) in [4.78, 5) is 0. The zero-order chi connectivity index (χ0) is 5.28. The summed E-state index contributed by atoms with van der Waals surface area (Å²) < 4.78 is 0. The van der Waals surface area contributed by atoms with Crippen molar-refractivity contribution in [2.24, 2.45) is 0 Å². The van der Waals surface area contributed by atoms with Gasteiger partial charge in [-0.2, -0.15) is 0 Å². The quantitative estimate of drug-likeness (QED) is 0.470. The van der Waals surface area contributed by atoms with Gasteiger partial charge >= 0.3 is 0 Å². The number of aliphatic hydroxyl groups is 1. The van der Waals surface area contributed by atoms with E-state index in [0.29, 0.717) is 0 Å². The predicted molar refractivity (Wildman–Crippen MR) is 25.8 cm³/mol. The van der Waals surface area contributed by atoms with Gasteiger partial charge in [0.05, 0.1) is 11.8 Å². The van der Waals surface area contributed by atoms with E-state index in [9.17, 15) is 0 Å². The van der Waals surface area contributed by atoms with Gasteiger partial charge in [0.15, 0.2) is 0 Å². The topological polar surface area (TPSA) is 51.8 Å². The molecule has 1 aromatic rings. The number of rotatable bonds is 1. The van der Waals surface area contributed by atoms with Crippen molar-refractivity contribution in [1.29, 1.82) is 0 Å². The summed E-state index contributed by atoms with van der Waals surface area (Å²) in [6.07, 6.45) is 1.37. The zero-order valence-electron chi connectivity index (χ0n) is 4.10. The Morgan fingerprint density at radius 1 is 1.86 bits per heavy atom. The third-order valence-electron chi connectivity index (χ3n) is 0.894. The van der Waals surface area contributed by atoms with Gasteiger partial charge in [-0.3, -0.25) is 0 Å². The Kier molecular flexibility index (Phi) is 0.906. The van der Waals surface area contributed by atoms with Crippen molar-refractivity contribution in [2.45, 2.75) is 13.0 Å². The van der Waals surface area contributed by atoms with Gasteiger partial charge in [0.1, 0.15) is 0 Å². The number of aromatic amines is 2. The molecule has 0 unspecified atom stereocenters. The van der Waals surface area contributed by atoms with E-state index in [1.165, 1.54) is 0 Å². The lowest BCUT2D eigenvalue weighted by Gasteiger charge is -2.05.